The fourth-order valence-electron chi connectivity index (χ4n) is 5.55. The summed E-state index contributed by atoms with van der Waals surface area (Å²) in [6.45, 7) is 6.45. The van der Waals surface area contributed by atoms with Gasteiger partial charge in [0.15, 0.2) is 0 Å². The SMILES string of the molecule is CCc1cc(C(C)C)c(C2CCCC2)c(-c2ccccc2C(=O)O)c1-c1ccccc1C(=O)O. The van der Waals surface area contributed by atoms with E-state index < -0.39 is 11.9 Å². The van der Waals surface area contributed by atoms with Gasteiger partial charge < -0.3 is 10.2 Å². The van der Waals surface area contributed by atoms with Gasteiger partial charge in [-0.15, -0.1) is 0 Å². The van der Waals surface area contributed by atoms with Crippen LogP contribution in [0.25, 0.3) is 22.3 Å². The third-order valence-corrected chi connectivity index (χ3v) is 7.10. The maximum absolute atomic E-state index is 12.3. The van der Waals surface area contributed by atoms with Gasteiger partial charge in [-0.1, -0.05) is 76.1 Å². The van der Waals surface area contributed by atoms with E-state index >= 15 is 0 Å². The normalized spacial score (nSPS) is 14.0. The molecule has 0 atom stereocenters. The lowest BCUT2D eigenvalue weighted by Gasteiger charge is -2.29. The highest BCUT2D eigenvalue weighted by molar-refractivity contribution is 6.04. The van der Waals surface area contributed by atoms with Crippen molar-refractivity contribution < 1.29 is 19.8 Å². The smallest absolute Gasteiger partial charge is 0.336 e. The standard InChI is InChI=1S/C30H32O4/c1-4-19-17-25(18(2)3)27(20-11-5-6-12-20)28(22-14-8-10-16-24(22)30(33)34)26(19)21-13-7-9-15-23(21)29(31)32/h7-10,13-18,20H,4-6,11-12H2,1-3H3,(H,31,32)(H,33,34). The first-order valence-electron chi connectivity index (χ1n) is 12.2. The monoisotopic (exact) mass is 456 g/mol. The van der Waals surface area contributed by atoms with E-state index in [4.69, 9.17) is 0 Å². The lowest BCUT2D eigenvalue weighted by atomic mass is 9.75. The molecule has 4 heteroatoms. The highest BCUT2D eigenvalue weighted by Crippen LogP contribution is 2.49. The summed E-state index contributed by atoms with van der Waals surface area (Å²) in [5.74, 6) is -1.36. The van der Waals surface area contributed by atoms with Gasteiger partial charge in [0.2, 0.25) is 0 Å². The molecule has 0 aromatic heterocycles. The summed E-state index contributed by atoms with van der Waals surface area (Å²) in [4.78, 5) is 24.6. The zero-order valence-electron chi connectivity index (χ0n) is 20.1. The third-order valence-electron chi connectivity index (χ3n) is 7.10. The number of hydrogen-bond acceptors (Lipinski definition) is 2. The summed E-state index contributed by atoms with van der Waals surface area (Å²) < 4.78 is 0. The molecule has 0 saturated heterocycles. The molecule has 3 aromatic carbocycles. The summed E-state index contributed by atoms with van der Waals surface area (Å²) in [5.41, 5.74) is 7.07. The van der Waals surface area contributed by atoms with Crippen molar-refractivity contribution in [1.82, 2.24) is 0 Å². The van der Waals surface area contributed by atoms with E-state index in [-0.39, 0.29) is 17.0 Å². The van der Waals surface area contributed by atoms with E-state index in [1.807, 2.05) is 24.3 Å². The van der Waals surface area contributed by atoms with Gasteiger partial charge in [-0.2, -0.15) is 0 Å². The van der Waals surface area contributed by atoms with Crippen molar-refractivity contribution >= 4 is 11.9 Å². The van der Waals surface area contributed by atoms with Crippen LogP contribution in [0, 0.1) is 0 Å². The van der Waals surface area contributed by atoms with Crippen molar-refractivity contribution in [3.8, 4) is 22.3 Å². The molecule has 34 heavy (non-hydrogen) atoms. The van der Waals surface area contributed by atoms with E-state index in [1.165, 1.54) is 11.1 Å². The predicted octanol–water partition coefficient (Wildman–Crippen LogP) is 7.76. The van der Waals surface area contributed by atoms with Crippen LogP contribution in [-0.4, -0.2) is 22.2 Å². The molecule has 4 rings (SSSR count). The Balaban J connectivity index is 2.23. The average molecular weight is 457 g/mol. The van der Waals surface area contributed by atoms with Crippen LogP contribution in [0.2, 0.25) is 0 Å². The van der Waals surface area contributed by atoms with Crippen molar-refractivity contribution in [2.75, 3.05) is 0 Å². The van der Waals surface area contributed by atoms with E-state index in [1.54, 1.807) is 24.3 Å². The van der Waals surface area contributed by atoms with E-state index in [0.717, 1.165) is 48.8 Å². The van der Waals surface area contributed by atoms with Crippen LogP contribution >= 0.6 is 0 Å². The molecule has 1 fully saturated rings. The molecule has 4 nitrogen and oxygen atoms in total. The second-order valence-electron chi connectivity index (χ2n) is 9.48. The number of benzene rings is 3. The summed E-state index contributed by atoms with van der Waals surface area (Å²) in [6, 6.07) is 16.5. The number of carbonyl (C=O) groups is 2. The largest absolute Gasteiger partial charge is 0.478 e. The summed E-state index contributed by atoms with van der Waals surface area (Å²) in [7, 11) is 0. The maximum Gasteiger partial charge on any atom is 0.336 e. The molecular weight excluding hydrogens is 424 g/mol. The highest BCUT2D eigenvalue weighted by Gasteiger charge is 2.31. The number of carboxylic acids is 2. The molecule has 2 N–H and O–H groups in total. The van der Waals surface area contributed by atoms with Crippen molar-refractivity contribution in [2.45, 2.75) is 64.7 Å². The molecule has 0 bridgehead atoms. The summed E-state index contributed by atoms with van der Waals surface area (Å²) in [5, 5.41) is 20.1. The Morgan fingerprint density at radius 3 is 1.82 bits per heavy atom. The van der Waals surface area contributed by atoms with Gasteiger partial charge in [-0.3, -0.25) is 0 Å². The molecule has 0 aliphatic heterocycles. The second-order valence-corrected chi connectivity index (χ2v) is 9.48. The fourth-order valence-corrected chi connectivity index (χ4v) is 5.55. The average Bonchev–Trinajstić information content (AvgIpc) is 3.37. The van der Waals surface area contributed by atoms with Crippen LogP contribution in [0.1, 0.15) is 95.7 Å². The Morgan fingerprint density at radius 1 is 0.853 bits per heavy atom. The van der Waals surface area contributed by atoms with Crippen LogP contribution in [-0.2, 0) is 6.42 Å². The minimum Gasteiger partial charge on any atom is -0.478 e. The molecule has 1 saturated carbocycles. The molecule has 0 unspecified atom stereocenters. The minimum absolute atomic E-state index is 0.237. The molecule has 0 radical (unpaired) electrons. The van der Waals surface area contributed by atoms with Crippen molar-refractivity contribution in [1.29, 1.82) is 0 Å². The van der Waals surface area contributed by atoms with E-state index in [2.05, 4.69) is 26.8 Å². The molecule has 0 spiro atoms. The molecular formula is C30H32O4. The Morgan fingerprint density at radius 2 is 1.35 bits per heavy atom. The van der Waals surface area contributed by atoms with Gasteiger partial charge in [0, 0.05) is 0 Å². The van der Waals surface area contributed by atoms with E-state index in [0.29, 0.717) is 17.0 Å². The highest BCUT2D eigenvalue weighted by atomic mass is 16.4. The first-order chi connectivity index (χ1) is 16.3. The van der Waals surface area contributed by atoms with Crippen LogP contribution < -0.4 is 0 Å². The lowest BCUT2D eigenvalue weighted by Crippen LogP contribution is -2.11. The Hall–Kier alpha value is -3.40. The zero-order valence-corrected chi connectivity index (χ0v) is 20.1. The number of rotatable bonds is 7. The first-order valence-corrected chi connectivity index (χ1v) is 12.2. The quantitative estimate of drug-likeness (QED) is 0.381. The fraction of sp³-hybridized carbons (Fsp3) is 0.333. The molecule has 176 valence electrons. The molecule has 3 aromatic rings. The van der Waals surface area contributed by atoms with Gasteiger partial charge >= 0.3 is 11.9 Å². The Bertz CT molecular complexity index is 1230. The van der Waals surface area contributed by atoms with Gasteiger partial charge in [0.25, 0.3) is 0 Å². The molecule has 0 heterocycles. The summed E-state index contributed by atoms with van der Waals surface area (Å²) >= 11 is 0. The van der Waals surface area contributed by atoms with Crippen LogP contribution in [0.15, 0.2) is 54.6 Å². The lowest BCUT2D eigenvalue weighted by molar-refractivity contribution is 0.0686. The van der Waals surface area contributed by atoms with Crippen LogP contribution in [0.4, 0.5) is 0 Å². The molecule has 1 aliphatic carbocycles. The minimum atomic E-state index is -0.981. The van der Waals surface area contributed by atoms with Gasteiger partial charge in [-0.05, 0) is 82.2 Å². The maximum atomic E-state index is 12.3. The predicted molar refractivity (Wildman–Crippen MR) is 136 cm³/mol. The number of aryl methyl sites for hydroxylation is 1. The van der Waals surface area contributed by atoms with Crippen molar-refractivity contribution in [3.05, 3.63) is 82.4 Å². The zero-order chi connectivity index (χ0) is 24.4. The van der Waals surface area contributed by atoms with Crippen LogP contribution in [0.3, 0.4) is 0 Å². The Labute approximate surface area is 201 Å². The topological polar surface area (TPSA) is 74.6 Å². The number of hydrogen-bond donors (Lipinski definition) is 2. The second kappa shape index (κ2) is 9.84. The summed E-state index contributed by atoms with van der Waals surface area (Å²) in [6.07, 6.45) is 5.15. The van der Waals surface area contributed by atoms with Crippen molar-refractivity contribution in [2.24, 2.45) is 0 Å². The van der Waals surface area contributed by atoms with Crippen molar-refractivity contribution in [3.63, 3.8) is 0 Å². The Kier molecular flexibility index (Phi) is 6.87. The van der Waals surface area contributed by atoms with Gasteiger partial charge in [0.1, 0.15) is 0 Å². The first kappa shape index (κ1) is 23.7. The number of aromatic carboxylic acids is 2. The number of carboxylic acid groups (broad SMARTS) is 2. The third kappa shape index (κ3) is 4.25. The van der Waals surface area contributed by atoms with Gasteiger partial charge in [0.05, 0.1) is 11.1 Å². The molecule has 1 aliphatic rings. The van der Waals surface area contributed by atoms with Gasteiger partial charge in [-0.25, -0.2) is 9.59 Å². The van der Waals surface area contributed by atoms with E-state index in [9.17, 15) is 19.8 Å². The molecule has 0 amide bonds. The van der Waals surface area contributed by atoms with Crippen LogP contribution in [0.5, 0.6) is 0 Å².